The first-order valence-electron chi connectivity index (χ1n) is 4.21. The molecule has 0 radical (unpaired) electrons. The monoisotopic (exact) mass is 213 g/mol. The van der Waals surface area contributed by atoms with E-state index < -0.39 is 0 Å². The van der Waals surface area contributed by atoms with Gasteiger partial charge in [-0.15, -0.1) is 6.58 Å². The molecule has 0 aliphatic rings. The summed E-state index contributed by atoms with van der Waals surface area (Å²) in [5, 5.41) is 9.33. The molecule has 1 rings (SSSR count). The molecule has 0 fully saturated rings. The van der Waals surface area contributed by atoms with Crippen LogP contribution < -0.4 is 4.90 Å². The topological polar surface area (TPSA) is 49.2 Å². The molecule has 4 nitrogen and oxygen atoms in total. The highest BCUT2D eigenvalue weighted by Gasteiger charge is 2.09. The molecule has 1 aromatic rings. The molecule has 0 amide bonds. The van der Waals surface area contributed by atoms with Crippen molar-refractivity contribution in [2.24, 2.45) is 0 Å². The normalized spacial score (nSPS) is 9.86. The van der Waals surface area contributed by atoms with Gasteiger partial charge < -0.3 is 10.0 Å². The van der Waals surface area contributed by atoms with E-state index in [9.17, 15) is 0 Å². The van der Waals surface area contributed by atoms with E-state index in [4.69, 9.17) is 16.7 Å². The number of hydrogen-bond donors (Lipinski definition) is 1. The molecule has 0 atom stereocenters. The average Bonchev–Trinajstić information content (AvgIpc) is 2.18. The van der Waals surface area contributed by atoms with Crippen LogP contribution in [0, 0.1) is 0 Å². The van der Waals surface area contributed by atoms with Crippen molar-refractivity contribution < 1.29 is 5.11 Å². The molecule has 1 heterocycles. The number of rotatable bonds is 5. The Bertz CT molecular complexity index is 306. The molecule has 0 spiro atoms. The minimum Gasteiger partial charge on any atom is -0.395 e. The Balaban J connectivity index is 2.86. The van der Waals surface area contributed by atoms with E-state index in [1.165, 1.54) is 12.5 Å². The van der Waals surface area contributed by atoms with Crippen LogP contribution in [0.2, 0.25) is 5.02 Å². The molecule has 0 aromatic carbocycles. The summed E-state index contributed by atoms with van der Waals surface area (Å²) in [7, 11) is 0. The number of anilines is 1. The molecule has 76 valence electrons. The van der Waals surface area contributed by atoms with E-state index >= 15 is 0 Å². The smallest absolute Gasteiger partial charge is 0.151 e. The molecule has 0 aliphatic carbocycles. The van der Waals surface area contributed by atoms with Crippen LogP contribution >= 0.6 is 11.6 Å². The number of aliphatic hydroxyl groups excluding tert-OH is 1. The summed E-state index contributed by atoms with van der Waals surface area (Å²) in [5.41, 5.74) is 0. The van der Waals surface area contributed by atoms with Gasteiger partial charge in [0.25, 0.3) is 0 Å². The minimum absolute atomic E-state index is 0.0498. The zero-order valence-electron chi connectivity index (χ0n) is 7.73. The molecule has 0 saturated carbocycles. The Kier molecular flexibility index (Phi) is 4.35. The third-order valence-corrected chi connectivity index (χ3v) is 1.93. The fourth-order valence-corrected chi connectivity index (χ4v) is 1.32. The lowest BCUT2D eigenvalue weighted by molar-refractivity contribution is 0.302. The Morgan fingerprint density at radius 1 is 1.64 bits per heavy atom. The van der Waals surface area contributed by atoms with E-state index in [0.29, 0.717) is 23.9 Å². The summed E-state index contributed by atoms with van der Waals surface area (Å²) < 4.78 is 0. The predicted octanol–water partition coefficient (Wildman–Crippen LogP) is 1.11. The first kappa shape index (κ1) is 10.9. The fourth-order valence-electron chi connectivity index (χ4n) is 1.10. The van der Waals surface area contributed by atoms with Gasteiger partial charge in [-0.25, -0.2) is 9.97 Å². The zero-order valence-corrected chi connectivity index (χ0v) is 8.48. The van der Waals surface area contributed by atoms with Gasteiger partial charge in [-0.3, -0.25) is 0 Å². The maximum Gasteiger partial charge on any atom is 0.151 e. The van der Waals surface area contributed by atoms with Gasteiger partial charge in [0, 0.05) is 13.1 Å². The van der Waals surface area contributed by atoms with Crippen molar-refractivity contribution in [1.82, 2.24) is 9.97 Å². The van der Waals surface area contributed by atoms with Crippen molar-refractivity contribution in [1.29, 1.82) is 0 Å². The molecular weight excluding hydrogens is 202 g/mol. The van der Waals surface area contributed by atoms with Crippen molar-refractivity contribution in [2.75, 3.05) is 24.6 Å². The molecule has 0 saturated heterocycles. The van der Waals surface area contributed by atoms with E-state index in [1.807, 2.05) is 4.90 Å². The second-order valence-electron chi connectivity index (χ2n) is 2.65. The largest absolute Gasteiger partial charge is 0.395 e. The lowest BCUT2D eigenvalue weighted by Gasteiger charge is -2.21. The highest BCUT2D eigenvalue weighted by atomic mass is 35.5. The number of nitrogens with zero attached hydrogens (tertiary/aromatic N) is 3. The summed E-state index contributed by atoms with van der Waals surface area (Å²) in [4.78, 5) is 9.66. The fraction of sp³-hybridized carbons (Fsp3) is 0.333. The van der Waals surface area contributed by atoms with E-state index in [-0.39, 0.29) is 6.61 Å². The maximum absolute atomic E-state index is 8.85. The molecule has 0 unspecified atom stereocenters. The van der Waals surface area contributed by atoms with E-state index in [2.05, 4.69) is 16.5 Å². The van der Waals surface area contributed by atoms with Crippen LogP contribution in [0.15, 0.2) is 25.2 Å². The summed E-state index contributed by atoms with van der Waals surface area (Å²) in [6.45, 7) is 4.75. The van der Waals surface area contributed by atoms with Gasteiger partial charge in [-0.1, -0.05) is 17.7 Å². The van der Waals surface area contributed by atoms with Crippen LogP contribution in [0.3, 0.4) is 0 Å². The summed E-state index contributed by atoms with van der Waals surface area (Å²) in [6, 6.07) is 0. The van der Waals surface area contributed by atoms with Crippen molar-refractivity contribution in [3.05, 3.63) is 30.2 Å². The quantitative estimate of drug-likeness (QED) is 0.745. The second-order valence-corrected chi connectivity index (χ2v) is 3.06. The number of aromatic nitrogens is 2. The highest BCUT2D eigenvalue weighted by Crippen LogP contribution is 2.20. The predicted molar refractivity (Wildman–Crippen MR) is 56.5 cm³/mol. The summed E-state index contributed by atoms with van der Waals surface area (Å²) in [5.74, 6) is 0.621. The Hall–Kier alpha value is -1.13. The van der Waals surface area contributed by atoms with Crippen LogP contribution in [0.1, 0.15) is 0 Å². The van der Waals surface area contributed by atoms with Crippen LogP contribution in [0.25, 0.3) is 0 Å². The van der Waals surface area contributed by atoms with Gasteiger partial charge >= 0.3 is 0 Å². The lowest BCUT2D eigenvalue weighted by Crippen LogP contribution is -2.27. The van der Waals surface area contributed by atoms with E-state index in [1.54, 1.807) is 6.08 Å². The van der Waals surface area contributed by atoms with Gasteiger partial charge in [-0.05, 0) is 0 Å². The van der Waals surface area contributed by atoms with Gasteiger partial charge in [0.05, 0.1) is 12.8 Å². The van der Waals surface area contributed by atoms with Crippen LogP contribution in [0.5, 0.6) is 0 Å². The molecule has 5 heteroatoms. The third kappa shape index (κ3) is 2.68. The average molecular weight is 214 g/mol. The number of aliphatic hydroxyl groups is 1. The standard InChI is InChI=1S/C9H12ClN3O/c1-2-3-13(4-5-14)9-8(10)6-11-7-12-9/h2,6-7,14H,1,3-5H2. The molecule has 0 aliphatic heterocycles. The Labute approximate surface area is 87.9 Å². The Morgan fingerprint density at radius 3 is 3.00 bits per heavy atom. The van der Waals surface area contributed by atoms with Crippen molar-refractivity contribution in [3.63, 3.8) is 0 Å². The third-order valence-electron chi connectivity index (χ3n) is 1.67. The number of halogens is 1. The zero-order chi connectivity index (χ0) is 10.4. The van der Waals surface area contributed by atoms with Crippen molar-refractivity contribution in [3.8, 4) is 0 Å². The van der Waals surface area contributed by atoms with Crippen LogP contribution in [-0.4, -0.2) is 34.8 Å². The van der Waals surface area contributed by atoms with Crippen molar-refractivity contribution >= 4 is 17.4 Å². The first-order chi connectivity index (χ1) is 6.79. The minimum atomic E-state index is 0.0498. The van der Waals surface area contributed by atoms with E-state index in [0.717, 1.165) is 0 Å². The Morgan fingerprint density at radius 2 is 2.43 bits per heavy atom. The molecule has 1 N–H and O–H groups in total. The molecule has 1 aromatic heterocycles. The summed E-state index contributed by atoms with van der Waals surface area (Å²) >= 11 is 5.91. The van der Waals surface area contributed by atoms with Gasteiger partial charge in [-0.2, -0.15) is 0 Å². The van der Waals surface area contributed by atoms with Crippen LogP contribution in [0.4, 0.5) is 5.82 Å². The van der Waals surface area contributed by atoms with Gasteiger partial charge in [0.2, 0.25) is 0 Å². The van der Waals surface area contributed by atoms with Crippen LogP contribution in [-0.2, 0) is 0 Å². The first-order valence-corrected chi connectivity index (χ1v) is 4.59. The molecular formula is C9H12ClN3O. The molecule has 14 heavy (non-hydrogen) atoms. The van der Waals surface area contributed by atoms with Gasteiger partial charge in [0.15, 0.2) is 5.82 Å². The lowest BCUT2D eigenvalue weighted by atomic mass is 10.4. The second kappa shape index (κ2) is 5.57. The van der Waals surface area contributed by atoms with Crippen molar-refractivity contribution in [2.45, 2.75) is 0 Å². The molecule has 0 bridgehead atoms. The number of hydrogen-bond acceptors (Lipinski definition) is 4. The van der Waals surface area contributed by atoms with Gasteiger partial charge in [0.1, 0.15) is 11.3 Å². The SMILES string of the molecule is C=CCN(CCO)c1ncncc1Cl. The highest BCUT2D eigenvalue weighted by molar-refractivity contribution is 6.32. The maximum atomic E-state index is 8.85. The summed E-state index contributed by atoms with van der Waals surface area (Å²) in [6.07, 6.45) is 4.68.